The fraction of sp³-hybridized carbons (Fsp3) is 0.0769. The molecule has 88 valence electrons. The minimum Gasteiger partial charge on any atom is -0.285 e. The summed E-state index contributed by atoms with van der Waals surface area (Å²) in [4.78, 5) is 0. The fourth-order valence-electron chi connectivity index (χ4n) is 1.81. The highest BCUT2D eigenvalue weighted by Gasteiger charge is 2.21. The Hall–Kier alpha value is -1.65. The van der Waals surface area contributed by atoms with Crippen LogP contribution in [-0.2, 0) is 10.1 Å². The predicted octanol–water partition coefficient (Wildman–Crippen LogP) is 2.95. The Balaban J connectivity index is 2.60. The second-order valence-corrected chi connectivity index (χ2v) is 5.32. The molecule has 0 saturated heterocycles. The van der Waals surface area contributed by atoms with Crippen LogP contribution in [0.5, 0.6) is 0 Å². The predicted molar refractivity (Wildman–Crippen MR) is 68.4 cm³/mol. The van der Waals surface area contributed by atoms with Crippen molar-refractivity contribution in [3.05, 3.63) is 60.7 Å². The van der Waals surface area contributed by atoms with E-state index in [4.69, 9.17) is 4.55 Å². The van der Waals surface area contributed by atoms with Crippen LogP contribution in [0.1, 0.15) is 10.8 Å². The Morgan fingerprint density at radius 3 is 2.35 bits per heavy atom. The second-order valence-electron chi connectivity index (χ2n) is 3.78. The molecule has 2 rings (SSSR count). The van der Waals surface area contributed by atoms with Gasteiger partial charge in [-0.1, -0.05) is 42.5 Å². The highest BCUT2D eigenvalue weighted by Crippen LogP contribution is 2.26. The number of rotatable bonds is 3. The summed E-state index contributed by atoms with van der Waals surface area (Å²) in [6.07, 6.45) is 1.22. The summed E-state index contributed by atoms with van der Waals surface area (Å²) < 4.78 is 31.5. The van der Waals surface area contributed by atoms with E-state index in [-0.39, 0.29) is 0 Å². The topological polar surface area (TPSA) is 54.4 Å². The Bertz CT molecular complexity index is 659. The zero-order valence-corrected chi connectivity index (χ0v) is 9.89. The Labute approximate surface area is 100 Å². The van der Waals surface area contributed by atoms with Gasteiger partial charge < -0.3 is 0 Å². The highest BCUT2D eigenvalue weighted by molar-refractivity contribution is 7.86. The molecule has 1 atom stereocenters. The second kappa shape index (κ2) is 4.31. The highest BCUT2D eigenvalue weighted by atomic mass is 32.2. The van der Waals surface area contributed by atoms with Gasteiger partial charge in [-0.05, 0) is 22.4 Å². The molecule has 0 bridgehead atoms. The third-order valence-electron chi connectivity index (χ3n) is 2.64. The summed E-state index contributed by atoms with van der Waals surface area (Å²) in [6, 6.07) is 12.9. The molecule has 0 aliphatic heterocycles. The van der Waals surface area contributed by atoms with Gasteiger partial charge in [0.2, 0.25) is 0 Å². The van der Waals surface area contributed by atoms with Crippen molar-refractivity contribution in [3.63, 3.8) is 0 Å². The Morgan fingerprint density at radius 1 is 1.12 bits per heavy atom. The molecule has 17 heavy (non-hydrogen) atoms. The normalized spacial score (nSPS) is 13.5. The lowest BCUT2D eigenvalue weighted by Gasteiger charge is -2.10. The molecule has 0 heterocycles. The molecule has 0 aromatic heterocycles. The SMILES string of the molecule is C=CC(c1ccc2ccccc2c1)S(=O)(=O)O. The standard InChI is InChI=1S/C13H12O3S/c1-2-13(17(14,15)16)12-8-7-10-5-3-4-6-11(10)9-12/h2-9,13H,1H2,(H,14,15,16). The third-order valence-corrected chi connectivity index (χ3v) is 3.74. The first kappa shape index (κ1) is 11.8. The molecule has 4 heteroatoms. The summed E-state index contributed by atoms with van der Waals surface area (Å²) in [5.41, 5.74) is 0.515. The van der Waals surface area contributed by atoms with E-state index in [9.17, 15) is 8.42 Å². The zero-order valence-electron chi connectivity index (χ0n) is 9.08. The van der Waals surface area contributed by atoms with Crippen molar-refractivity contribution in [1.82, 2.24) is 0 Å². The van der Waals surface area contributed by atoms with Crippen LogP contribution >= 0.6 is 0 Å². The largest absolute Gasteiger partial charge is 0.285 e. The van der Waals surface area contributed by atoms with Gasteiger partial charge in [0.1, 0.15) is 5.25 Å². The average molecular weight is 248 g/mol. The van der Waals surface area contributed by atoms with Crippen molar-refractivity contribution < 1.29 is 13.0 Å². The molecule has 2 aromatic rings. The third kappa shape index (κ3) is 2.38. The summed E-state index contributed by atoms with van der Waals surface area (Å²) in [7, 11) is -4.15. The van der Waals surface area contributed by atoms with Gasteiger partial charge in [0.15, 0.2) is 0 Å². The molecular formula is C13H12O3S. The van der Waals surface area contributed by atoms with Gasteiger partial charge in [0.25, 0.3) is 10.1 Å². The van der Waals surface area contributed by atoms with Crippen LogP contribution in [0.4, 0.5) is 0 Å². The Kier molecular flexibility index (Phi) is 3.00. The quantitative estimate of drug-likeness (QED) is 0.671. The first-order chi connectivity index (χ1) is 8.02. The maximum Gasteiger partial charge on any atom is 0.275 e. The minimum atomic E-state index is -4.15. The fourth-order valence-corrected chi connectivity index (χ4v) is 2.55. The Morgan fingerprint density at radius 2 is 1.76 bits per heavy atom. The lowest BCUT2D eigenvalue weighted by molar-refractivity contribution is 0.476. The van der Waals surface area contributed by atoms with Gasteiger partial charge in [0, 0.05) is 0 Å². The van der Waals surface area contributed by atoms with Gasteiger partial charge in [-0.2, -0.15) is 8.42 Å². The number of hydrogen-bond acceptors (Lipinski definition) is 2. The maximum absolute atomic E-state index is 11.2. The monoisotopic (exact) mass is 248 g/mol. The van der Waals surface area contributed by atoms with Gasteiger partial charge in [0.05, 0.1) is 0 Å². The van der Waals surface area contributed by atoms with Crippen molar-refractivity contribution in [2.45, 2.75) is 5.25 Å². The van der Waals surface area contributed by atoms with Crippen molar-refractivity contribution in [2.75, 3.05) is 0 Å². The summed E-state index contributed by atoms with van der Waals surface area (Å²) >= 11 is 0. The van der Waals surface area contributed by atoms with E-state index in [1.807, 2.05) is 30.3 Å². The first-order valence-electron chi connectivity index (χ1n) is 5.10. The first-order valence-corrected chi connectivity index (χ1v) is 6.60. The van der Waals surface area contributed by atoms with Crippen LogP contribution < -0.4 is 0 Å². The van der Waals surface area contributed by atoms with Crippen molar-refractivity contribution >= 4 is 20.9 Å². The minimum absolute atomic E-state index is 0.515. The summed E-state index contributed by atoms with van der Waals surface area (Å²) in [6.45, 7) is 3.44. The molecule has 0 saturated carbocycles. The van der Waals surface area contributed by atoms with E-state index in [1.54, 1.807) is 12.1 Å². The van der Waals surface area contributed by atoms with Gasteiger partial charge in [-0.25, -0.2) is 0 Å². The van der Waals surface area contributed by atoms with Crippen LogP contribution in [0.25, 0.3) is 10.8 Å². The van der Waals surface area contributed by atoms with E-state index in [0.717, 1.165) is 10.8 Å². The van der Waals surface area contributed by atoms with Crippen LogP contribution in [0.15, 0.2) is 55.1 Å². The summed E-state index contributed by atoms with van der Waals surface area (Å²) in [5.74, 6) is 0. The molecule has 1 N–H and O–H groups in total. The number of hydrogen-bond donors (Lipinski definition) is 1. The van der Waals surface area contributed by atoms with Gasteiger partial charge >= 0.3 is 0 Å². The molecule has 2 aromatic carbocycles. The molecular weight excluding hydrogens is 236 g/mol. The van der Waals surface area contributed by atoms with Crippen molar-refractivity contribution in [3.8, 4) is 0 Å². The van der Waals surface area contributed by atoms with Crippen LogP contribution in [0, 0.1) is 0 Å². The van der Waals surface area contributed by atoms with Crippen molar-refractivity contribution in [1.29, 1.82) is 0 Å². The maximum atomic E-state index is 11.2. The number of benzene rings is 2. The van der Waals surface area contributed by atoms with E-state index in [2.05, 4.69) is 6.58 Å². The molecule has 0 aliphatic carbocycles. The molecule has 1 unspecified atom stereocenters. The molecule has 0 spiro atoms. The molecule has 0 radical (unpaired) electrons. The number of fused-ring (bicyclic) bond motifs is 1. The smallest absolute Gasteiger partial charge is 0.275 e. The average Bonchev–Trinajstić information content (AvgIpc) is 2.28. The summed E-state index contributed by atoms with van der Waals surface area (Å²) in [5, 5.41) is 0.877. The van der Waals surface area contributed by atoms with E-state index in [0.29, 0.717) is 5.56 Å². The van der Waals surface area contributed by atoms with E-state index in [1.165, 1.54) is 6.08 Å². The molecule has 0 fully saturated rings. The van der Waals surface area contributed by atoms with Crippen LogP contribution in [-0.4, -0.2) is 13.0 Å². The van der Waals surface area contributed by atoms with Crippen LogP contribution in [0.2, 0.25) is 0 Å². The van der Waals surface area contributed by atoms with Gasteiger partial charge in [-0.3, -0.25) is 4.55 Å². The van der Waals surface area contributed by atoms with Crippen LogP contribution in [0.3, 0.4) is 0 Å². The van der Waals surface area contributed by atoms with Gasteiger partial charge in [-0.15, -0.1) is 6.58 Å². The molecule has 0 aliphatic rings. The lowest BCUT2D eigenvalue weighted by atomic mass is 10.1. The lowest BCUT2D eigenvalue weighted by Crippen LogP contribution is -2.09. The van der Waals surface area contributed by atoms with E-state index < -0.39 is 15.4 Å². The van der Waals surface area contributed by atoms with Crippen molar-refractivity contribution in [2.24, 2.45) is 0 Å². The molecule has 3 nitrogen and oxygen atoms in total. The molecule has 0 amide bonds. The van der Waals surface area contributed by atoms with E-state index >= 15 is 0 Å². The zero-order chi connectivity index (χ0) is 12.5.